The molecule has 1 amide bonds. The molecule has 3 heteroatoms. The van der Waals surface area contributed by atoms with E-state index < -0.39 is 0 Å². The van der Waals surface area contributed by atoms with Crippen LogP contribution in [0.1, 0.15) is 24.2 Å². The highest BCUT2D eigenvalue weighted by Crippen LogP contribution is 2.16. The van der Waals surface area contributed by atoms with Crippen molar-refractivity contribution in [2.45, 2.75) is 13.8 Å². The molecule has 0 bridgehead atoms. The van der Waals surface area contributed by atoms with E-state index in [1.807, 2.05) is 56.3 Å². The first-order valence-electron chi connectivity index (χ1n) is 6.57. The summed E-state index contributed by atoms with van der Waals surface area (Å²) in [7, 11) is 0. The van der Waals surface area contributed by atoms with Gasteiger partial charge >= 0.3 is 0 Å². The maximum atomic E-state index is 12.1. The van der Waals surface area contributed by atoms with Crippen LogP contribution in [0.3, 0.4) is 0 Å². The van der Waals surface area contributed by atoms with Gasteiger partial charge < -0.3 is 4.90 Å². The van der Waals surface area contributed by atoms with Crippen molar-refractivity contribution in [3.8, 4) is 11.3 Å². The second kappa shape index (κ2) is 6.14. The van der Waals surface area contributed by atoms with Crippen LogP contribution < -0.4 is 0 Å². The molecule has 2 aromatic rings. The first-order valence-corrected chi connectivity index (χ1v) is 6.57. The zero-order chi connectivity index (χ0) is 13.7. The number of benzene rings is 1. The highest BCUT2D eigenvalue weighted by atomic mass is 16.2. The third-order valence-corrected chi connectivity index (χ3v) is 3.13. The van der Waals surface area contributed by atoms with Crippen molar-refractivity contribution in [2.75, 3.05) is 13.1 Å². The molecular weight excluding hydrogens is 236 g/mol. The molecule has 1 heterocycles. The van der Waals surface area contributed by atoms with Crippen molar-refractivity contribution < 1.29 is 4.79 Å². The molecule has 0 aliphatic carbocycles. The lowest BCUT2D eigenvalue weighted by Crippen LogP contribution is -2.30. The van der Waals surface area contributed by atoms with E-state index in [0.717, 1.165) is 24.3 Å². The molecule has 0 aliphatic heterocycles. The predicted octanol–water partition coefficient (Wildman–Crippen LogP) is 3.23. The number of hydrogen-bond donors (Lipinski definition) is 0. The molecule has 0 aliphatic rings. The van der Waals surface area contributed by atoms with E-state index in [1.54, 1.807) is 11.1 Å². The maximum Gasteiger partial charge on any atom is 0.255 e. The van der Waals surface area contributed by atoms with Crippen LogP contribution in [0.15, 0.2) is 48.7 Å². The van der Waals surface area contributed by atoms with E-state index in [-0.39, 0.29) is 5.91 Å². The summed E-state index contributed by atoms with van der Waals surface area (Å²) in [5.41, 5.74) is 2.59. The van der Waals surface area contributed by atoms with Crippen LogP contribution in [0.4, 0.5) is 0 Å². The van der Waals surface area contributed by atoms with Crippen molar-refractivity contribution >= 4 is 5.91 Å². The minimum atomic E-state index is 0.0390. The van der Waals surface area contributed by atoms with Gasteiger partial charge in [0.15, 0.2) is 0 Å². The number of carbonyl (C=O) groups excluding carboxylic acids is 1. The molecule has 3 nitrogen and oxygen atoms in total. The van der Waals surface area contributed by atoms with Gasteiger partial charge in [-0.15, -0.1) is 0 Å². The molecule has 1 aromatic heterocycles. The van der Waals surface area contributed by atoms with Crippen LogP contribution in [0, 0.1) is 0 Å². The van der Waals surface area contributed by atoms with Crippen LogP contribution in [0.5, 0.6) is 0 Å². The largest absolute Gasteiger partial charge is 0.339 e. The first kappa shape index (κ1) is 13.3. The SMILES string of the molecule is CCN(CC)C(=O)c1ccc(-c2ccccc2)nc1. The number of hydrogen-bond acceptors (Lipinski definition) is 2. The zero-order valence-electron chi connectivity index (χ0n) is 11.3. The molecule has 0 radical (unpaired) electrons. The lowest BCUT2D eigenvalue weighted by Gasteiger charge is -2.18. The fraction of sp³-hybridized carbons (Fsp3) is 0.250. The monoisotopic (exact) mass is 254 g/mol. The normalized spacial score (nSPS) is 10.2. The van der Waals surface area contributed by atoms with E-state index in [2.05, 4.69) is 4.98 Å². The molecule has 1 aromatic carbocycles. The van der Waals surface area contributed by atoms with Crippen LogP contribution >= 0.6 is 0 Å². The van der Waals surface area contributed by atoms with Gasteiger partial charge in [-0.1, -0.05) is 30.3 Å². The number of carbonyl (C=O) groups is 1. The molecule has 19 heavy (non-hydrogen) atoms. The Morgan fingerprint density at radius 2 is 1.74 bits per heavy atom. The van der Waals surface area contributed by atoms with Gasteiger partial charge in [-0.3, -0.25) is 9.78 Å². The Bertz CT molecular complexity index is 530. The zero-order valence-corrected chi connectivity index (χ0v) is 11.3. The van der Waals surface area contributed by atoms with E-state index in [0.29, 0.717) is 5.56 Å². The predicted molar refractivity (Wildman–Crippen MR) is 76.9 cm³/mol. The lowest BCUT2D eigenvalue weighted by atomic mass is 10.1. The molecular formula is C16H18N2O. The molecule has 0 fully saturated rings. The van der Waals surface area contributed by atoms with Crippen molar-refractivity contribution in [2.24, 2.45) is 0 Å². The quantitative estimate of drug-likeness (QED) is 0.839. The summed E-state index contributed by atoms with van der Waals surface area (Å²) in [4.78, 5) is 18.3. The molecule has 0 spiro atoms. The third kappa shape index (κ3) is 2.99. The third-order valence-electron chi connectivity index (χ3n) is 3.13. The number of rotatable bonds is 4. The second-order valence-electron chi connectivity index (χ2n) is 4.28. The Hall–Kier alpha value is -2.16. The molecule has 0 saturated heterocycles. The van der Waals surface area contributed by atoms with Gasteiger partial charge in [-0.25, -0.2) is 0 Å². The molecule has 0 N–H and O–H groups in total. The molecule has 2 rings (SSSR count). The fourth-order valence-corrected chi connectivity index (χ4v) is 1.99. The number of aromatic nitrogens is 1. The van der Waals surface area contributed by atoms with Crippen LogP contribution in [-0.4, -0.2) is 28.9 Å². The summed E-state index contributed by atoms with van der Waals surface area (Å²) in [5.74, 6) is 0.0390. The summed E-state index contributed by atoms with van der Waals surface area (Å²) in [5, 5.41) is 0. The van der Waals surface area contributed by atoms with Crippen molar-refractivity contribution in [3.63, 3.8) is 0 Å². The van der Waals surface area contributed by atoms with Crippen LogP contribution in [0.2, 0.25) is 0 Å². The summed E-state index contributed by atoms with van der Waals surface area (Å²) >= 11 is 0. The summed E-state index contributed by atoms with van der Waals surface area (Å²) in [6.45, 7) is 5.39. The van der Waals surface area contributed by atoms with Gasteiger partial charge in [0.2, 0.25) is 0 Å². The molecule has 0 unspecified atom stereocenters. The van der Waals surface area contributed by atoms with E-state index in [4.69, 9.17) is 0 Å². The average Bonchev–Trinajstić information content (AvgIpc) is 2.49. The minimum absolute atomic E-state index is 0.0390. The number of nitrogens with zero attached hydrogens (tertiary/aromatic N) is 2. The van der Waals surface area contributed by atoms with Gasteiger partial charge in [0, 0.05) is 24.8 Å². The Labute approximate surface area is 113 Å². The van der Waals surface area contributed by atoms with Crippen molar-refractivity contribution in [1.82, 2.24) is 9.88 Å². The standard InChI is InChI=1S/C16H18N2O/c1-3-18(4-2)16(19)14-10-11-15(17-12-14)13-8-6-5-7-9-13/h5-12H,3-4H2,1-2H3. The van der Waals surface area contributed by atoms with E-state index in [9.17, 15) is 4.79 Å². The average molecular weight is 254 g/mol. The van der Waals surface area contributed by atoms with Gasteiger partial charge in [0.25, 0.3) is 5.91 Å². The number of pyridine rings is 1. The molecule has 98 valence electrons. The topological polar surface area (TPSA) is 33.2 Å². The van der Waals surface area contributed by atoms with Crippen LogP contribution in [-0.2, 0) is 0 Å². The van der Waals surface area contributed by atoms with Gasteiger partial charge in [0.1, 0.15) is 0 Å². The van der Waals surface area contributed by atoms with E-state index >= 15 is 0 Å². The molecule has 0 saturated carbocycles. The van der Waals surface area contributed by atoms with Gasteiger partial charge in [-0.05, 0) is 26.0 Å². The van der Waals surface area contributed by atoms with Crippen LogP contribution in [0.25, 0.3) is 11.3 Å². The van der Waals surface area contributed by atoms with Crippen molar-refractivity contribution in [3.05, 3.63) is 54.2 Å². The Kier molecular flexibility index (Phi) is 4.29. The Balaban J connectivity index is 2.22. The fourth-order valence-electron chi connectivity index (χ4n) is 1.99. The highest BCUT2D eigenvalue weighted by Gasteiger charge is 2.12. The van der Waals surface area contributed by atoms with E-state index in [1.165, 1.54) is 0 Å². The first-order chi connectivity index (χ1) is 9.26. The summed E-state index contributed by atoms with van der Waals surface area (Å²) in [6.07, 6.45) is 1.66. The minimum Gasteiger partial charge on any atom is -0.339 e. The Morgan fingerprint density at radius 1 is 1.05 bits per heavy atom. The summed E-state index contributed by atoms with van der Waals surface area (Å²) < 4.78 is 0. The smallest absolute Gasteiger partial charge is 0.255 e. The molecule has 0 atom stereocenters. The summed E-state index contributed by atoms with van der Waals surface area (Å²) in [6, 6.07) is 13.7. The maximum absolute atomic E-state index is 12.1. The van der Waals surface area contributed by atoms with Crippen molar-refractivity contribution in [1.29, 1.82) is 0 Å². The highest BCUT2D eigenvalue weighted by molar-refractivity contribution is 5.94. The van der Waals surface area contributed by atoms with Gasteiger partial charge in [-0.2, -0.15) is 0 Å². The van der Waals surface area contributed by atoms with Gasteiger partial charge in [0.05, 0.1) is 11.3 Å². The second-order valence-corrected chi connectivity index (χ2v) is 4.28. The lowest BCUT2D eigenvalue weighted by molar-refractivity contribution is 0.0772. The number of amides is 1. The Morgan fingerprint density at radius 3 is 2.26 bits per heavy atom.